The average Bonchev–Trinajstić information content (AvgIpc) is 2.26. The second kappa shape index (κ2) is 5.79. The highest BCUT2D eigenvalue weighted by molar-refractivity contribution is 7.89. The van der Waals surface area contributed by atoms with Crippen LogP contribution in [0.2, 0.25) is 0 Å². The summed E-state index contributed by atoms with van der Waals surface area (Å²) in [4.78, 5) is 11.0. The predicted octanol–water partition coefficient (Wildman–Crippen LogP) is 0.148. The summed E-state index contributed by atoms with van der Waals surface area (Å²) >= 11 is 0. The van der Waals surface area contributed by atoms with Gasteiger partial charge in [-0.05, 0) is 12.3 Å². The van der Waals surface area contributed by atoms with Crippen molar-refractivity contribution >= 4 is 16.0 Å². The highest BCUT2D eigenvalue weighted by Gasteiger charge is 2.37. The molecule has 1 unspecified atom stereocenters. The summed E-state index contributed by atoms with van der Waals surface area (Å²) in [6.45, 7) is 4.17. The van der Waals surface area contributed by atoms with Crippen molar-refractivity contribution in [2.75, 3.05) is 25.5 Å². The van der Waals surface area contributed by atoms with Crippen molar-refractivity contribution in [2.24, 2.45) is 5.92 Å². The van der Waals surface area contributed by atoms with Crippen LogP contribution < -0.4 is 0 Å². The monoisotopic (exact) mass is 265 g/mol. The Hall–Kier alpha value is -0.660. The number of morpholine rings is 1. The summed E-state index contributed by atoms with van der Waals surface area (Å²) < 4.78 is 30.1. The number of carboxylic acid groups (broad SMARTS) is 1. The molecule has 0 bridgehead atoms. The Balaban J connectivity index is 2.76. The third-order valence-electron chi connectivity index (χ3n) is 2.67. The molecule has 0 spiro atoms. The first-order valence-corrected chi connectivity index (χ1v) is 7.25. The molecule has 1 fully saturated rings. The minimum absolute atomic E-state index is 0.00551. The van der Waals surface area contributed by atoms with Crippen LogP contribution in [0.25, 0.3) is 0 Å². The Bertz CT molecular complexity index is 365. The van der Waals surface area contributed by atoms with Gasteiger partial charge < -0.3 is 9.84 Å². The van der Waals surface area contributed by atoms with Crippen LogP contribution in [0.4, 0.5) is 0 Å². The van der Waals surface area contributed by atoms with E-state index in [1.807, 2.05) is 13.8 Å². The summed E-state index contributed by atoms with van der Waals surface area (Å²) in [6.07, 6.45) is 0.534. The van der Waals surface area contributed by atoms with Crippen molar-refractivity contribution in [2.45, 2.75) is 26.3 Å². The van der Waals surface area contributed by atoms with Gasteiger partial charge in [0.25, 0.3) is 0 Å². The zero-order valence-electron chi connectivity index (χ0n) is 10.1. The largest absolute Gasteiger partial charge is 0.480 e. The molecule has 0 aromatic heterocycles. The number of nitrogens with zero attached hydrogens (tertiary/aromatic N) is 1. The van der Waals surface area contributed by atoms with Crippen molar-refractivity contribution in [3.05, 3.63) is 0 Å². The van der Waals surface area contributed by atoms with Gasteiger partial charge in [0.2, 0.25) is 10.0 Å². The van der Waals surface area contributed by atoms with E-state index in [9.17, 15) is 13.2 Å². The van der Waals surface area contributed by atoms with Crippen LogP contribution in [0.5, 0.6) is 0 Å². The minimum atomic E-state index is -3.50. The average molecular weight is 265 g/mol. The van der Waals surface area contributed by atoms with E-state index in [0.717, 1.165) is 4.31 Å². The lowest BCUT2D eigenvalue weighted by molar-refractivity contribution is -0.146. The predicted molar refractivity (Wildman–Crippen MR) is 62.2 cm³/mol. The van der Waals surface area contributed by atoms with E-state index < -0.39 is 22.0 Å². The number of ether oxygens (including phenoxy) is 1. The van der Waals surface area contributed by atoms with Gasteiger partial charge >= 0.3 is 5.97 Å². The fraction of sp³-hybridized carbons (Fsp3) is 0.900. The third kappa shape index (κ3) is 3.93. The van der Waals surface area contributed by atoms with Gasteiger partial charge in [-0.1, -0.05) is 13.8 Å². The van der Waals surface area contributed by atoms with Crippen molar-refractivity contribution in [3.8, 4) is 0 Å². The number of hydrogen-bond donors (Lipinski definition) is 1. The summed E-state index contributed by atoms with van der Waals surface area (Å²) in [5.41, 5.74) is 0. The second-order valence-electron chi connectivity index (χ2n) is 4.54. The van der Waals surface area contributed by atoms with Crippen LogP contribution in [-0.4, -0.2) is 55.4 Å². The van der Waals surface area contributed by atoms with Crippen molar-refractivity contribution in [3.63, 3.8) is 0 Å². The van der Waals surface area contributed by atoms with Crippen molar-refractivity contribution in [1.29, 1.82) is 0 Å². The SMILES string of the molecule is CC(C)CCS(=O)(=O)N1CCOCC1C(=O)O. The number of carboxylic acids is 1. The van der Waals surface area contributed by atoms with E-state index in [0.29, 0.717) is 6.42 Å². The Morgan fingerprint density at radius 1 is 1.53 bits per heavy atom. The van der Waals surface area contributed by atoms with Gasteiger partial charge in [-0.15, -0.1) is 0 Å². The maximum Gasteiger partial charge on any atom is 0.324 e. The minimum Gasteiger partial charge on any atom is -0.480 e. The Kier molecular flexibility index (Phi) is 4.91. The van der Waals surface area contributed by atoms with Crippen LogP contribution in [0.15, 0.2) is 0 Å². The molecule has 1 aliphatic rings. The molecule has 0 aromatic carbocycles. The standard InChI is InChI=1S/C10H19NO5S/c1-8(2)3-6-17(14,15)11-4-5-16-7-9(11)10(12)13/h8-9H,3-7H2,1-2H3,(H,12,13). The Morgan fingerprint density at radius 2 is 2.18 bits per heavy atom. The number of rotatable bonds is 5. The molecular weight excluding hydrogens is 246 g/mol. The lowest BCUT2D eigenvalue weighted by Crippen LogP contribution is -2.53. The molecule has 100 valence electrons. The molecule has 0 aliphatic carbocycles. The zero-order chi connectivity index (χ0) is 13.1. The van der Waals surface area contributed by atoms with Crippen molar-refractivity contribution in [1.82, 2.24) is 4.31 Å². The first kappa shape index (κ1) is 14.4. The molecule has 1 heterocycles. The summed E-state index contributed by atoms with van der Waals surface area (Å²) in [5.74, 6) is -0.888. The highest BCUT2D eigenvalue weighted by atomic mass is 32.2. The van der Waals surface area contributed by atoms with Gasteiger partial charge in [0.15, 0.2) is 0 Å². The quantitative estimate of drug-likeness (QED) is 0.765. The number of carbonyl (C=O) groups is 1. The van der Waals surface area contributed by atoms with E-state index in [4.69, 9.17) is 9.84 Å². The smallest absolute Gasteiger partial charge is 0.324 e. The van der Waals surface area contributed by atoms with Crippen LogP contribution in [-0.2, 0) is 19.6 Å². The lowest BCUT2D eigenvalue weighted by Gasteiger charge is -2.31. The van der Waals surface area contributed by atoms with E-state index in [2.05, 4.69) is 0 Å². The van der Waals surface area contributed by atoms with Gasteiger partial charge in [-0.2, -0.15) is 4.31 Å². The van der Waals surface area contributed by atoms with Crippen LogP contribution in [0, 0.1) is 5.92 Å². The normalized spacial score (nSPS) is 22.9. The third-order valence-corrected chi connectivity index (χ3v) is 4.58. The molecule has 0 radical (unpaired) electrons. The van der Waals surface area contributed by atoms with Crippen LogP contribution >= 0.6 is 0 Å². The molecule has 0 saturated carbocycles. The number of hydrogen-bond acceptors (Lipinski definition) is 4. The maximum atomic E-state index is 12.0. The first-order chi connectivity index (χ1) is 7.84. The van der Waals surface area contributed by atoms with Crippen LogP contribution in [0.1, 0.15) is 20.3 Å². The van der Waals surface area contributed by atoms with Gasteiger partial charge in [0, 0.05) is 6.54 Å². The molecule has 17 heavy (non-hydrogen) atoms. The molecule has 1 N–H and O–H groups in total. The van der Waals surface area contributed by atoms with Crippen LogP contribution in [0.3, 0.4) is 0 Å². The van der Waals surface area contributed by atoms with E-state index in [1.54, 1.807) is 0 Å². The van der Waals surface area contributed by atoms with E-state index in [-0.39, 0.29) is 31.4 Å². The molecule has 0 amide bonds. The summed E-state index contributed by atoms with van der Waals surface area (Å²) in [5, 5.41) is 8.96. The van der Waals surface area contributed by atoms with E-state index >= 15 is 0 Å². The Morgan fingerprint density at radius 3 is 2.71 bits per heavy atom. The summed E-state index contributed by atoms with van der Waals surface area (Å²) in [7, 11) is -3.50. The molecular formula is C10H19NO5S. The molecule has 7 heteroatoms. The molecule has 1 aliphatic heterocycles. The zero-order valence-corrected chi connectivity index (χ0v) is 10.9. The van der Waals surface area contributed by atoms with Gasteiger partial charge in [-0.25, -0.2) is 8.42 Å². The number of aliphatic carboxylic acids is 1. The molecule has 1 atom stereocenters. The topological polar surface area (TPSA) is 83.9 Å². The van der Waals surface area contributed by atoms with Gasteiger partial charge in [-0.3, -0.25) is 4.79 Å². The first-order valence-electron chi connectivity index (χ1n) is 5.64. The fourth-order valence-electron chi connectivity index (χ4n) is 1.62. The van der Waals surface area contributed by atoms with Gasteiger partial charge in [0.05, 0.1) is 19.0 Å². The number of sulfonamides is 1. The lowest BCUT2D eigenvalue weighted by atomic mass is 10.2. The summed E-state index contributed by atoms with van der Waals surface area (Å²) in [6, 6.07) is -1.08. The molecule has 6 nitrogen and oxygen atoms in total. The van der Waals surface area contributed by atoms with E-state index in [1.165, 1.54) is 0 Å². The second-order valence-corrected chi connectivity index (χ2v) is 6.58. The molecule has 1 rings (SSSR count). The fourth-order valence-corrected chi connectivity index (χ4v) is 3.51. The molecule has 0 aromatic rings. The highest BCUT2D eigenvalue weighted by Crippen LogP contribution is 2.15. The Labute approximate surface area is 102 Å². The van der Waals surface area contributed by atoms with Crippen molar-refractivity contribution < 1.29 is 23.1 Å². The molecule has 1 saturated heterocycles. The maximum absolute atomic E-state index is 12.0. The van der Waals surface area contributed by atoms with Gasteiger partial charge in [0.1, 0.15) is 6.04 Å².